The van der Waals surface area contributed by atoms with E-state index in [0.717, 1.165) is 6.42 Å². The van der Waals surface area contributed by atoms with Crippen LogP contribution in [0, 0.1) is 5.41 Å². The van der Waals surface area contributed by atoms with E-state index in [4.69, 9.17) is 0 Å². The lowest BCUT2D eigenvalue weighted by Gasteiger charge is -2.22. The average molecular weight is 351 g/mol. The Labute approximate surface area is 156 Å². The molecule has 0 unspecified atom stereocenters. The number of hydrogen-bond acceptors (Lipinski definition) is 1. The van der Waals surface area contributed by atoms with Gasteiger partial charge in [-0.3, -0.25) is 0 Å². The maximum Gasteiger partial charge on any atom is 0.0358 e. The molecule has 1 aliphatic carbocycles. The van der Waals surface area contributed by atoms with E-state index >= 15 is 0 Å². The molecule has 0 spiro atoms. The lowest BCUT2D eigenvalue weighted by molar-refractivity contribution is 0.403. The van der Waals surface area contributed by atoms with Crippen molar-refractivity contribution >= 4 is 31.5 Å². The summed E-state index contributed by atoms with van der Waals surface area (Å²) in [4.78, 5) is 0. The minimum Gasteiger partial charge on any atom is -0.135 e. The summed E-state index contributed by atoms with van der Waals surface area (Å²) in [6.45, 7) is 16.6. The quantitative estimate of drug-likeness (QED) is 0.424. The maximum absolute atomic E-state index is 2.51. The predicted molar refractivity (Wildman–Crippen MR) is 113 cm³/mol. The van der Waals surface area contributed by atoms with Gasteiger partial charge in [0.1, 0.15) is 0 Å². The van der Waals surface area contributed by atoms with E-state index in [0.29, 0.717) is 5.41 Å². The molecule has 0 aliphatic heterocycles. The van der Waals surface area contributed by atoms with Gasteiger partial charge in [0.2, 0.25) is 0 Å². The van der Waals surface area contributed by atoms with E-state index in [1.165, 1.54) is 32.2 Å². The normalized spacial score (nSPS) is 18.8. The van der Waals surface area contributed by atoms with Crippen LogP contribution in [0.4, 0.5) is 0 Å². The minimum absolute atomic E-state index is 0.268. The van der Waals surface area contributed by atoms with Crippen molar-refractivity contribution in [3.8, 4) is 0 Å². The number of rotatable bonds is 1. The highest BCUT2D eigenvalue weighted by atomic mass is 32.1. The van der Waals surface area contributed by atoms with Gasteiger partial charge in [0, 0.05) is 20.2 Å². The van der Waals surface area contributed by atoms with Gasteiger partial charge in [-0.1, -0.05) is 54.5 Å². The van der Waals surface area contributed by atoms with Gasteiger partial charge in [-0.15, -0.1) is 11.3 Å². The predicted octanol–water partition coefficient (Wildman–Crippen LogP) is 7.60. The van der Waals surface area contributed by atoms with Crippen molar-refractivity contribution in [2.75, 3.05) is 0 Å². The van der Waals surface area contributed by atoms with E-state index in [2.05, 4.69) is 78.8 Å². The van der Waals surface area contributed by atoms with E-state index in [9.17, 15) is 0 Å². The fraction of sp³-hybridized carbons (Fsp3) is 0.500. The number of fused-ring (bicyclic) bond motifs is 4. The molecule has 3 aromatic rings. The Hall–Kier alpha value is -1.34. The first-order valence-electron chi connectivity index (χ1n) is 9.47. The van der Waals surface area contributed by atoms with Gasteiger partial charge >= 0.3 is 0 Å². The molecule has 0 saturated carbocycles. The Kier molecular flexibility index (Phi) is 3.49. The molecule has 0 N–H and O–H groups in total. The lowest BCUT2D eigenvalue weighted by atomic mass is 9.82. The van der Waals surface area contributed by atoms with Crippen molar-refractivity contribution in [3.05, 3.63) is 47.0 Å². The summed E-state index contributed by atoms with van der Waals surface area (Å²) in [7, 11) is 0. The molecule has 0 bridgehead atoms. The van der Waals surface area contributed by atoms with Crippen molar-refractivity contribution in [2.45, 2.75) is 72.1 Å². The second-order valence-corrected chi connectivity index (χ2v) is 11.6. The number of benzene rings is 2. The first-order chi connectivity index (χ1) is 11.5. The van der Waals surface area contributed by atoms with Crippen LogP contribution in [0.3, 0.4) is 0 Å². The Bertz CT molecular complexity index is 977. The van der Waals surface area contributed by atoms with E-state index in [1.807, 2.05) is 11.3 Å². The van der Waals surface area contributed by atoms with E-state index in [-0.39, 0.29) is 10.8 Å². The highest BCUT2D eigenvalue weighted by molar-refractivity contribution is 7.25. The van der Waals surface area contributed by atoms with Crippen molar-refractivity contribution < 1.29 is 0 Å². The molecular weight excluding hydrogens is 320 g/mol. The van der Waals surface area contributed by atoms with Crippen LogP contribution in [0.5, 0.6) is 0 Å². The molecule has 1 heteroatoms. The van der Waals surface area contributed by atoms with Gasteiger partial charge in [0.05, 0.1) is 0 Å². The molecule has 0 radical (unpaired) electrons. The van der Waals surface area contributed by atoms with Crippen LogP contribution >= 0.6 is 11.3 Å². The van der Waals surface area contributed by atoms with Crippen LogP contribution in [0.25, 0.3) is 20.2 Å². The van der Waals surface area contributed by atoms with Crippen LogP contribution in [0.1, 0.15) is 71.6 Å². The van der Waals surface area contributed by atoms with Crippen LogP contribution in [0.15, 0.2) is 30.3 Å². The third-order valence-electron chi connectivity index (χ3n) is 5.75. The average Bonchev–Trinajstić information content (AvgIpc) is 2.88. The van der Waals surface area contributed by atoms with E-state index < -0.39 is 0 Å². The SMILES string of the molecule is CC(C)(C)Cc1ccc2sc3cc4c(cc3c2c1)C(C)(C)CC4(C)C. The monoisotopic (exact) mass is 350 g/mol. The summed E-state index contributed by atoms with van der Waals surface area (Å²) in [5.74, 6) is 0. The van der Waals surface area contributed by atoms with Crippen molar-refractivity contribution in [1.29, 1.82) is 0 Å². The first-order valence-corrected chi connectivity index (χ1v) is 10.3. The zero-order valence-electron chi connectivity index (χ0n) is 16.7. The summed E-state index contributed by atoms with van der Waals surface area (Å²) in [5, 5.41) is 2.91. The topological polar surface area (TPSA) is 0 Å². The highest BCUT2D eigenvalue weighted by Gasteiger charge is 2.42. The fourth-order valence-corrected chi connectivity index (χ4v) is 6.11. The minimum atomic E-state index is 0.268. The zero-order valence-corrected chi connectivity index (χ0v) is 17.5. The van der Waals surface area contributed by atoms with E-state index in [1.54, 1.807) is 11.1 Å². The molecule has 0 amide bonds. The van der Waals surface area contributed by atoms with Crippen LogP contribution in [-0.2, 0) is 17.3 Å². The largest absolute Gasteiger partial charge is 0.135 e. The molecule has 0 saturated heterocycles. The molecule has 0 nitrogen and oxygen atoms in total. The molecule has 2 aromatic carbocycles. The van der Waals surface area contributed by atoms with Crippen LogP contribution in [-0.4, -0.2) is 0 Å². The molecule has 25 heavy (non-hydrogen) atoms. The number of hydrogen-bond donors (Lipinski definition) is 0. The molecular formula is C24H30S. The van der Waals surface area contributed by atoms with Crippen molar-refractivity contribution in [3.63, 3.8) is 0 Å². The van der Waals surface area contributed by atoms with Crippen molar-refractivity contribution in [2.24, 2.45) is 5.41 Å². The summed E-state index contributed by atoms with van der Waals surface area (Å²) in [5.41, 5.74) is 5.45. The third-order valence-corrected chi connectivity index (χ3v) is 6.88. The molecule has 1 heterocycles. The van der Waals surface area contributed by atoms with Gasteiger partial charge in [0.25, 0.3) is 0 Å². The molecule has 0 atom stereocenters. The summed E-state index contributed by atoms with van der Waals surface area (Å²) >= 11 is 1.96. The van der Waals surface area contributed by atoms with Gasteiger partial charge in [-0.05, 0) is 70.0 Å². The van der Waals surface area contributed by atoms with Gasteiger partial charge in [0.15, 0.2) is 0 Å². The summed E-state index contributed by atoms with van der Waals surface area (Å²) < 4.78 is 2.87. The summed E-state index contributed by atoms with van der Waals surface area (Å²) in [6.07, 6.45) is 2.36. The second-order valence-electron chi connectivity index (χ2n) is 10.5. The molecule has 0 fully saturated rings. The Morgan fingerprint density at radius 1 is 0.840 bits per heavy atom. The molecule has 1 aliphatic rings. The highest BCUT2D eigenvalue weighted by Crippen LogP contribution is 2.51. The first kappa shape index (κ1) is 17.1. The van der Waals surface area contributed by atoms with Crippen LogP contribution in [0.2, 0.25) is 0 Å². The molecule has 1 aromatic heterocycles. The lowest BCUT2D eigenvalue weighted by Crippen LogP contribution is -2.17. The third kappa shape index (κ3) is 2.81. The second kappa shape index (κ2) is 5.10. The molecule has 4 rings (SSSR count). The fourth-order valence-electron chi connectivity index (χ4n) is 5.01. The van der Waals surface area contributed by atoms with Gasteiger partial charge in [-0.2, -0.15) is 0 Å². The Balaban J connectivity index is 1.96. The van der Waals surface area contributed by atoms with Gasteiger partial charge in [-0.25, -0.2) is 0 Å². The number of thiophene rings is 1. The van der Waals surface area contributed by atoms with Crippen LogP contribution < -0.4 is 0 Å². The van der Waals surface area contributed by atoms with Crippen molar-refractivity contribution in [1.82, 2.24) is 0 Å². The Morgan fingerprint density at radius 2 is 1.44 bits per heavy atom. The van der Waals surface area contributed by atoms with Gasteiger partial charge < -0.3 is 0 Å². The summed E-state index contributed by atoms with van der Waals surface area (Å²) in [6, 6.07) is 12.1. The molecule has 132 valence electrons. The maximum atomic E-state index is 2.51. The smallest absolute Gasteiger partial charge is 0.0358 e. The zero-order chi connectivity index (χ0) is 18.2. The Morgan fingerprint density at radius 3 is 2.08 bits per heavy atom. The standard InChI is InChI=1S/C24H30S/c1-22(2,3)13-15-8-9-20-16(10-15)17-11-18-19(12-21(17)25-20)24(6,7)14-23(18,4)5/h8-12H,13-14H2,1-7H3.